The predicted octanol–water partition coefficient (Wildman–Crippen LogP) is 3.61. The Labute approximate surface area is 161 Å². The van der Waals surface area contributed by atoms with Crippen LogP contribution in [-0.4, -0.2) is 22.3 Å². The van der Waals surface area contributed by atoms with Crippen LogP contribution in [0.5, 0.6) is 0 Å². The molecule has 4 rings (SSSR count). The molecule has 1 aliphatic rings. The zero-order valence-corrected chi connectivity index (χ0v) is 15.3. The van der Waals surface area contributed by atoms with Crippen molar-refractivity contribution in [2.45, 2.75) is 13.0 Å². The lowest BCUT2D eigenvalue weighted by Gasteiger charge is -2.26. The van der Waals surface area contributed by atoms with Gasteiger partial charge in [0.1, 0.15) is 0 Å². The van der Waals surface area contributed by atoms with Crippen molar-refractivity contribution in [2.24, 2.45) is 0 Å². The first-order chi connectivity index (χ1) is 13.2. The predicted molar refractivity (Wildman–Crippen MR) is 104 cm³/mol. The molecular formula is C22H15N3OS. The molecule has 0 atom stereocenters. The van der Waals surface area contributed by atoms with Crippen LogP contribution in [0.15, 0.2) is 54.6 Å². The highest BCUT2D eigenvalue weighted by Crippen LogP contribution is 2.26. The second-order valence-electron chi connectivity index (χ2n) is 6.17. The molecule has 0 aliphatic carbocycles. The third-order valence-corrected chi connectivity index (χ3v) is 5.34. The fraction of sp³-hybridized carbons (Fsp3) is 0.136. The van der Waals surface area contributed by atoms with E-state index in [2.05, 4.69) is 22.9 Å². The SMILES string of the molecule is N#Cc1cccc(C(=O)N2CCc3nc(C#Cc4ccccc4)sc3C2)c1. The first kappa shape index (κ1) is 17.0. The lowest BCUT2D eigenvalue weighted by atomic mass is 10.1. The van der Waals surface area contributed by atoms with Gasteiger partial charge >= 0.3 is 0 Å². The fourth-order valence-corrected chi connectivity index (χ4v) is 3.95. The molecule has 0 radical (unpaired) electrons. The molecule has 0 spiro atoms. The summed E-state index contributed by atoms with van der Waals surface area (Å²) in [5, 5.41) is 9.81. The Balaban J connectivity index is 1.52. The number of thiazole rings is 1. The minimum Gasteiger partial charge on any atom is -0.333 e. The van der Waals surface area contributed by atoms with Crippen LogP contribution in [0.2, 0.25) is 0 Å². The molecule has 0 saturated heterocycles. The van der Waals surface area contributed by atoms with Gasteiger partial charge in [0.15, 0.2) is 5.01 Å². The van der Waals surface area contributed by atoms with Crippen molar-refractivity contribution in [1.82, 2.24) is 9.88 Å². The van der Waals surface area contributed by atoms with Gasteiger partial charge in [-0.3, -0.25) is 4.79 Å². The highest BCUT2D eigenvalue weighted by Gasteiger charge is 2.24. The molecule has 5 heteroatoms. The molecule has 2 heterocycles. The maximum absolute atomic E-state index is 12.8. The van der Waals surface area contributed by atoms with Gasteiger partial charge in [-0.15, -0.1) is 11.3 Å². The second kappa shape index (κ2) is 7.45. The van der Waals surface area contributed by atoms with Gasteiger partial charge in [0.25, 0.3) is 5.91 Å². The number of nitriles is 1. The number of carbonyl (C=O) groups excluding carboxylic acids is 1. The zero-order valence-electron chi connectivity index (χ0n) is 14.5. The van der Waals surface area contributed by atoms with Crippen LogP contribution >= 0.6 is 11.3 Å². The average molecular weight is 369 g/mol. The summed E-state index contributed by atoms with van der Waals surface area (Å²) in [4.78, 5) is 20.3. The summed E-state index contributed by atoms with van der Waals surface area (Å²) < 4.78 is 0. The summed E-state index contributed by atoms with van der Waals surface area (Å²) in [6.07, 6.45) is 0.725. The van der Waals surface area contributed by atoms with Gasteiger partial charge in [0.05, 0.1) is 23.9 Å². The number of carbonyl (C=O) groups is 1. The Morgan fingerprint density at radius 2 is 1.89 bits per heavy atom. The number of nitrogens with zero attached hydrogens (tertiary/aromatic N) is 3. The number of hydrogen-bond donors (Lipinski definition) is 0. The van der Waals surface area contributed by atoms with E-state index in [0.29, 0.717) is 24.2 Å². The average Bonchev–Trinajstić information content (AvgIpc) is 3.14. The molecule has 1 amide bonds. The van der Waals surface area contributed by atoms with Crippen LogP contribution in [-0.2, 0) is 13.0 Å². The monoisotopic (exact) mass is 369 g/mol. The molecule has 0 N–H and O–H groups in total. The summed E-state index contributed by atoms with van der Waals surface area (Å²) in [6, 6.07) is 18.7. The molecule has 0 saturated carbocycles. The number of aromatic nitrogens is 1. The van der Waals surface area contributed by atoms with Gasteiger partial charge in [-0.2, -0.15) is 5.26 Å². The third kappa shape index (κ3) is 3.74. The third-order valence-electron chi connectivity index (χ3n) is 4.34. The van der Waals surface area contributed by atoms with Crippen molar-refractivity contribution >= 4 is 17.2 Å². The summed E-state index contributed by atoms with van der Waals surface area (Å²) in [5.74, 6) is 6.20. The standard InChI is InChI=1S/C22H15N3OS/c23-14-17-7-4-8-18(13-17)22(26)25-12-11-19-20(15-25)27-21(24-19)10-9-16-5-2-1-3-6-16/h1-8,13H,11-12,15H2. The number of benzene rings is 2. The van der Waals surface area contributed by atoms with E-state index in [1.54, 1.807) is 35.6 Å². The van der Waals surface area contributed by atoms with Crippen LogP contribution in [0.1, 0.15) is 37.1 Å². The lowest BCUT2D eigenvalue weighted by molar-refractivity contribution is 0.0736. The Hall–Kier alpha value is -3.41. The Kier molecular flexibility index (Phi) is 4.70. The number of fused-ring (bicyclic) bond motifs is 1. The second-order valence-corrected chi connectivity index (χ2v) is 7.26. The van der Waals surface area contributed by atoms with E-state index in [-0.39, 0.29) is 5.91 Å². The molecule has 130 valence electrons. The molecule has 2 aromatic carbocycles. The minimum absolute atomic E-state index is 0.0527. The minimum atomic E-state index is -0.0527. The summed E-state index contributed by atoms with van der Waals surface area (Å²) in [6.45, 7) is 1.16. The topological polar surface area (TPSA) is 57.0 Å². The van der Waals surface area contributed by atoms with E-state index in [1.807, 2.05) is 35.2 Å². The van der Waals surface area contributed by atoms with E-state index in [0.717, 1.165) is 27.6 Å². The van der Waals surface area contributed by atoms with E-state index in [4.69, 9.17) is 5.26 Å². The fourth-order valence-electron chi connectivity index (χ4n) is 2.97. The first-order valence-electron chi connectivity index (χ1n) is 8.58. The van der Waals surface area contributed by atoms with Crippen LogP contribution in [0, 0.1) is 23.2 Å². The lowest BCUT2D eigenvalue weighted by Crippen LogP contribution is -2.35. The van der Waals surface area contributed by atoms with E-state index in [9.17, 15) is 4.79 Å². The molecule has 0 bridgehead atoms. The summed E-state index contributed by atoms with van der Waals surface area (Å²) >= 11 is 1.55. The molecule has 3 aromatic rings. The molecular weight excluding hydrogens is 354 g/mol. The Morgan fingerprint density at radius 3 is 2.70 bits per heavy atom. The normalized spacial score (nSPS) is 12.5. The number of rotatable bonds is 1. The molecule has 27 heavy (non-hydrogen) atoms. The first-order valence-corrected chi connectivity index (χ1v) is 9.39. The maximum Gasteiger partial charge on any atom is 0.254 e. The van der Waals surface area contributed by atoms with Crippen molar-refractivity contribution < 1.29 is 4.79 Å². The van der Waals surface area contributed by atoms with E-state index in [1.165, 1.54) is 0 Å². The number of amides is 1. The molecule has 0 fully saturated rings. The molecule has 0 unspecified atom stereocenters. The van der Waals surface area contributed by atoms with Crippen molar-refractivity contribution in [1.29, 1.82) is 5.26 Å². The van der Waals surface area contributed by atoms with Crippen molar-refractivity contribution in [3.8, 4) is 17.9 Å². The summed E-state index contributed by atoms with van der Waals surface area (Å²) in [7, 11) is 0. The van der Waals surface area contributed by atoms with E-state index >= 15 is 0 Å². The Morgan fingerprint density at radius 1 is 1.07 bits per heavy atom. The van der Waals surface area contributed by atoms with Gasteiger partial charge in [0, 0.05) is 29.0 Å². The maximum atomic E-state index is 12.8. The Bertz CT molecular complexity index is 1100. The van der Waals surface area contributed by atoms with Crippen LogP contribution in [0.3, 0.4) is 0 Å². The quantitative estimate of drug-likeness (QED) is 0.616. The largest absolute Gasteiger partial charge is 0.333 e. The molecule has 1 aliphatic heterocycles. The van der Waals surface area contributed by atoms with Crippen LogP contribution in [0.4, 0.5) is 0 Å². The van der Waals surface area contributed by atoms with Crippen molar-refractivity contribution in [3.63, 3.8) is 0 Å². The highest BCUT2D eigenvalue weighted by molar-refractivity contribution is 7.12. The van der Waals surface area contributed by atoms with Gasteiger partial charge in [-0.1, -0.05) is 30.2 Å². The number of hydrogen-bond acceptors (Lipinski definition) is 4. The zero-order chi connectivity index (χ0) is 18.6. The smallest absolute Gasteiger partial charge is 0.254 e. The van der Waals surface area contributed by atoms with Gasteiger partial charge in [0.2, 0.25) is 0 Å². The van der Waals surface area contributed by atoms with Gasteiger partial charge < -0.3 is 4.90 Å². The van der Waals surface area contributed by atoms with Crippen molar-refractivity contribution in [3.05, 3.63) is 86.9 Å². The highest BCUT2D eigenvalue weighted by atomic mass is 32.1. The molecule has 4 nitrogen and oxygen atoms in total. The van der Waals surface area contributed by atoms with Gasteiger partial charge in [-0.25, -0.2) is 4.98 Å². The summed E-state index contributed by atoms with van der Waals surface area (Å²) in [5.41, 5.74) is 3.04. The van der Waals surface area contributed by atoms with Crippen LogP contribution in [0.25, 0.3) is 0 Å². The molecule has 1 aromatic heterocycles. The van der Waals surface area contributed by atoms with Crippen LogP contribution < -0.4 is 0 Å². The van der Waals surface area contributed by atoms with Gasteiger partial charge in [-0.05, 0) is 36.3 Å². The van der Waals surface area contributed by atoms with Crippen molar-refractivity contribution in [2.75, 3.05) is 6.54 Å². The van der Waals surface area contributed by atoms with E-state index < -0.39 is 0 Å².